The van der Waals surface area contributed by atoms with Gasteiger partial charge >= 0.3 is 0 Å². The number of hydrogen-bond acceptors (Lipinski definition) is 4. The van der Waals surface area contributed by atoms with E-state index in [9.17, 15) is 13.2 Å². The molecule has 0 atom stereocenters. The standard InChI is InChI=1S/C15H28N2O3S/c18-15(13-7-11-21(19,20)12-8-13)17-10-9-16-14-5-3-1-2-4-6-14/h13-14,16H,1-12H2,(H,17,18). The SMILES string of the molecule is O=C(NCCNC1CCCCCC1)C1CCS(=O)(=O)CC1. The van der Waals surface area contributed by atoms with E-state index >= 15 is 0 Å². The summed E-state index contributed by atoms with van der Waals surface area (Å²) < 4.78 is 22.7. The Morgan fingerprint density at radius 2 is 1.52 bits per heavy atom. The first kappa shape index (κ1) is 16.7. The molecule has 0 aromatic heterocycles. The maximum atomic E-state index is 12.0. The van der Waals surface area contributed by atoms with Gasteiger partial charge in [0.05, 0.1) is 11.5 Å². The fourth-order valence-electron chi connectivity index (χ4n) is 3.24. The van der Waals surface area contributed by atoms with E-state index in [1.54, 1.807) is 0 Å². The highest BCUT2D eigenvalue weighted by Gasteiger charge is 2.28. The molecule has 0 unspecified atom stereocenters. The van der Waals surface area contributed by atoms with E-state index < -0.39 is 9.84 Å². The Kier molecular flexibility index (Phi) is 6.48. The summed E-state index contributed by atoms with van der Waals surface area (Å²) in [6.45, 7) is 1.44. The molecule has 0 aromatic carbocycles. The summed E-state index contributed by atoms with van der Waals surface area (Å²) in [7, 11) is -2.88. The van der Waals surface area contributed by atoms with Crippen LogP contribution >= 0.6 is 0 Å². The van der Waals surface area contributed by atoms with Crippen LogP contribution in [0.3, 0.4) is 0 Å². The smallest absolute Gasteiger partial charge is 0.223 e. The van der Waals surface area contributed by atoms with Gasteiger partial charge in [0, 0.05) is 25.0 Å². The summed E-state index contributed by atoms with van der Waals surface area (Å²) in [6.07, 6.45) is 8.75. The van der Waals surface area contributed by atoms with E-state index in [1.165, 1.54) is 38.5 Å². The van der Waals surface area contributed by atoms with Gasteiger partial charge in [-0.3, -0.25) is 4.79 Å². The van der Waals surface area contributed by atoms with E-state index in [-0.39, 0.29) is 23.3 Å². The molecule has 1 saturated heterocycles. The molecule has 2 rings (SSSR count). The van der Waals surface area contributed by atoms with Crippen molar-refractivity contribution in [3.63, 3.8) is 0 Å². The van der Waals surface area contributed by atoms with Crippen molar-refractivity contribution in [2.24, 2.45) is 5.92 Å². The van der Waals surface area contributed by atoms with Crippen molar-refractivity contribution in [3.8, 4) is 0 Å². The summed E-state index contributed by atoms with van der Waals surface area (Å²) in [5.74, 6) is 0.218. The minimum atomic E-state index is -2.88. The van der Waals surface area contributed by atoms with Crippen LogP contribution in [0.2, 0.25) is 0 Å². The predicted octanol–water partition coefficient (Wildman–Crippen LogP) is 1.24. The van der Waals surface area contributed by atoms with Gasteiger partial charge in [0.1, 0.15) is 9.84 Å². The van der Waals surface area contributed by atoms with E-state index in [1.807, 2.05) is 0 Å². The van der Waals surface area contributed by atoms with Gasteiger partial charge < -0.3 is 10.6 Å². The lowest BCUT2D eigenvalue weighted by Gasteiger charge is -2.21. The third-order valence-corrected chi connectivity index (χ3v) is 6.35. The Morgan fingerprint density at radius 1 is 0.905 bits per heavy atom. The van der Waals surface area contributed by atoms with Gasteiger partial charge in [-0.15, -0.1) is 0 Å². The molecule has 1 heterocycles. The largest absolute Gasteiger partial charge is 0.355 e. The average molecular weight is 316 g/mol. The van der Waals surface area contributed by atoms with Crippen LogP contribution in [0.4, 0.5) is 0 Å². The van der Waals surface area contributed by atoms with Gasteiger partial charge in [0.25, 0.3) is 0 Å². The normalized spacial score (nSPS) is 24.4. The molecular weight excluding hydrogens is 288 g/mol. The van der Waals surface area contributed by atoms with Gasteiger partial charge in [-0.25, -0.2) is 8.42 Å². The number of amides is 1. The van der Waals surface area contributed by atoms with Crippen molar-refractivity contribution in [2.75, 3.05) is 24.6 Å². The van der Waals surface area contributed by atoms with Crippen LogP contribution in [-0.4, -0.2) is 45.0 Å². The molecule has 5 nitrogen and oxygen atoms in total. The molecule has 0 spiro atoms. The second-order valence-corrected chi connectivity index (χ2v) is 8.66. The first-order valence-corrected chi connectivity index (χ1v) is 10.1. The van der Waals surface area contributed by atoms with Crippen molar-refractivity contribution < 1.29 is 13.2 Å². The van der Waals surface area contributed by atoms with Crippen molar-refractivity contribution in [1.82, 2.24) is 10.6 Å². The van der Waals surface area contributed by atoms with Gasteiger partial charge in [0.2, 0.25) is 5.91 Å². The Balaban J connectivity index is 1.59. The molecule has 2 fully saturated rings. The molecule has 122 valence electrons. The highest BCUT2D eigenvalue weighted by Crippen LogP contribution is 2.19. The molecule has 1 amide bonds. The monoisotopic (exact) mass is 316 g/mol. The second kappa shape index (κ2) is 8.13. The molecule has 21 heavy (non-hydrogen) atoms. The quantitative estimate of drug-likeness (QED) is 0.591. The van der Waals surface area contributed by atoms with Crippen molar-refractivity contribution in [2.45, 2.75) is 57.4 Å². The third kappa shape index (κ3) is 5.94. The lowest BCUT2D eigenvalue weighted by molar-refractivity contribution is -0.125. The minimum absolute atomic E-state index is 0.0209. The second-order valence-electron chi connectivity index (χ2n) is 6.36. The molecule has 0 aromatic rings. The van der Waals surface area contributed by atoms with Crippen LogP contribution in [0, 0.1) is 5.92 Å². The maximum Gasteiger partial charge on any atom is 0.223 e. The van der Waals surface area contributed by atoms with Crippen LogP contribution in [0.15, 0.2) is 0 Å². The number of carbonyl (C=O) groups is 1. The van der Waals surface area contributed by atoms with E-state index in [4.69, 9.17) is 0 Å². The van der Waals surface area contributed by atoms with Crippen LogP contribution < -0.4 is 10.6 Å². The number of rotatable bonds is 5. The fraction of sp³-hybridized carbons (Fsp3) is 0.933. The summed E-state index contributed by atoms with van der Waals surface area (Å²) in [5.41, 5.74) is 0. The van der Waals surface area contributed by atoms with E-state index in [0.717, 1.165) is 6.54 Å². The van der Waals surface area contributed by atoms with Gasteiger partial charge in [-0.1, -0.05) is 25.7 Å². The Labute approximate surface area is 128 Å². The highest BCUT2D eigenvalue weighted by molar-refractivity contribution is 7.91. The predicted molar refractivity (Wildman–Crippen MR) is 83.9 cm³/mol. The molecule has 6 heteroatoms. The summed E-state index contributed by atoms with van der Waals surface area (Å²) in [4.78, 5) is 12.0. The zero-order valence-corrected chi connectivity index (χ0v) is 13.6. The summed E-state index contributed by atoms with van der Waals surface area (Å²) >= 11 is 0. The fourth-order valence-corrected chi connectivity index (χ4v) is 4.73. The van der Waals surface area contributed by atoms with Crippen LogP contribution in [0.5, 0.6) is 0 Å². The maximum absolute atomic E-state index is 12.0. The first-order valence-electron chi connectivity index (χ1n) is 8.28. The molecule has 1 aliphatic carbocycles. The minimum Gasteiger partial charge on any atom is -0.355 e. The molecular formula is C15H28N2O3S. The molecule has 2 aliphatic rings. The summed E-state index contributed by atoms with van der Waals surface area (Å²) in [5, 5.41) is 6.46. The van der Waals surface area contributed by atoms with Gasteiger partial charge in [-0.2, -0.15) is 0 Å². The van der Waals surface area contributed by atoms with Gasteiger partial charge in [-0.05, 0) is 25.7 Å². The number of carbonyl (C=O) groups excluding carboxylic acids is 1. The molecule has 0 radical (unpaired) electrons. The Morgan fingerprint density at radius 3 is 2.14 bits per heavy atom. The van der Waals surface area contributed by atoms with Crippen molar-refractivity contribution >= 4 is 15.7 Å². The first-order chi connectivity index (χ1) is 10.1. The van der Waals surface area contributed by atoms with Crippen molar-refractivity contribution in [3.05, 3.63) is 0 Å². The van der Waals surface area contributed by atoms with Gasteiger partial charge in [0.15, 0.2) is 0 Å². The Bertz CT molecular complexity index is 414. The Hall–Kier alpha value is -0.620. The zero-order chi connectivity index (χ0) is 15.1. The molecule has 2 N–H and O–H groups in total. The number of hydrogen-bond donors (Lipinski definition) is 2. The van der Waals surface area contributed by atoms with E-state index in [0.29, 0.717) is 25.4 Å². The van der Waals surface area contributed by atoms with Crippen LogP contribution in [0.25, 0.3) is 0 Å². The molecule has 0 bridgehead atoms. The summed E-state index contributed by atoms with van der Waals surface area (Å²) in [6, 6.07) is 0.601. The lowest BCUT2D eigenvalue weighted by Crippen LogP contribution is -2.41. The molecule has 1 saturated carbocycles. The molecule has 1 aliphatic heterocycles. The van der Waals surface area contributed by atoms with E-state index in [2.05, 4.69) is 10.6 Å². The number of sulfone groups is 1. The zero-order valence-electron chi connectivity index (χ0n) is 12.8. The lowest BCUT2D eigenvalue weighted by atomic mass is 10.0. The average Bonchev–Trinajstić information content (AvgIpc) is 2.72. The van der Waals surface area contributed by atoms with Crippen molar-refractivity contribution in [1.29, 1.82) is 0 Å². The van der Waals surface area contributed by atoms with Crippen LogP contribution in [-0.2, 0) is 14.6 Å². The number of nitrogens with one attached hydrogen (secondary N) is 2. The topological polar surface area (TPSA) is 75.3 Å². The van der Waals surface area contributed by atoms with Crippen LogP contribution in [0.1, 0.15) is 51.4 Å². The highest BCUT2D eigenvalue weighted by atomic mass is 32.2. The third-order valence-electron chi connectivity index (χ3n) is 4.64.